The Kier molecular flexibility index (Phi) is 3.48. The fourth-order valence-corrected chi connectivity index (χ4v) is 3.15. The summed E-state index contributed by atoms with van der Waals surface area (Å²) in [5, 5.41) is 0. The first-order chi connectivity index (χ1) is 8.86. The first-order valence-corrected chi connectivity index (χ1v) is 7.01. The zero-order valence-corrected chi connectivity index (χ0v) is 10.9. The Balaban J connectivity index is 1.67. The Morgan fingerprint density at radius 1 is 1.28 bits per heavy atom. The molecule has 0 aliphatic carbocycles. The van der Waals surface area contributed by atoms with E-state index in [1.54, 1.807) is 0 Å². The van der Waals surface area contributed by atoms with E-state index in [1.807, 2.05) is 6.20 Å². The summed E-state index contributed by atoms with van der Waals surface area (Å²) in [7, 11) is 0. The number of likely N-dealkylation sites (tertiary alicyclic amines) is 1. The van der Waals surface area contributed by atoms with Crippen molar-refractivity contribution in [3.8, 4) is 0 Å². The van der Waals surface area contributed by atoms with E-state index in [0.717, 1.165) is 24.8 Å². The Labute approximate surface area is 109 Å². The average Bonchev–Trinajstić information content (AvgIpc) is 3.09. The monoisotopic (exact) mass is 246 g/mol. The SMILES string of the molecule is NCc1cc(N2CCC(N3CCCC3)C2)ccn1. The number of pyridine rings is 1. The van der Waals surface area contributed by atoms with Crippen LogP contribution in [0.5, 0.6) is 0 Å². The van der Waals surface area contributed by atoms with Gasteiger partial charge in [0.05, 0.1) is 5.69 Å². The van der Waals surface area contributed by atoms with Gasteiger partial charge in [-0.15, -0.1) is 0 Å². The molecular weight excluding hydrogens is 224 g/mol. The number of anilines is 1. The molecule has 4 heteroatoms. The highest BCUT2D eigenvalue weighted by Crippen LogP contribution is 2.25. The van der Waals surface area contributed by atoms with Crippen molar-refractivity contribution in [3.05, 3.63) is 24.0 Å². The molecule has 2 N–H and O–H groups in total. The number of rotatable bonds is 3. The largest absolute Gasteiger partial charge is 0.370 e. The molecule has 2 fully saturated rings. The van der Waals surface area contributed by atoms with E-state index < -0.39 is 0 Å². The van der Waals surface area contributed by atoms with Gasteiger partial charge in [-0.25, -0.2) is 0 Å². The Morgan fingerprint density at radius 2 is 2.11 bits per heavy atom. The van der Waals surface area contributed by atoms with Crippen LogP contribution in [0.2, 0.25) is 0 Å². The van der Waals surface area contributed by atoms with E-state index in [0.29, 0.717) is 6.54 Å². The van der Waals surface area contributed by atoms with Crippen LogP contribution in [-0.2, 0) is 6.54 Å². The number of nitrogens with zero attached hydrogens (tertiary/aromatic N) is 3. The molecule has 1 atom stereocenters. The molecule has 3 heterocycles. The molecule has 1 unspecified atom stereocenters. The summed E-state index contributed by atoms with van der Waals surface area (Å²) in [6.45, 7) is 5.44. The molecule has 0 aromatic carbocycles. The van der Waals surface area contributed by atoms with Gasteiger partial charge in [0.15, 0.2) is 0 Å². The van der Waals surface area contributed by atoms with Crippen molar-refractivity contribution in [1.29, 1.82) is 0 Å². The van der Waals surface area contributed by atoms with Crippen molar-refractivity contribution in [1.82, 2.24) is 9.88 Å². The van der Waals surface area contributed by atoms with Crippen molar-refractivity contribution >= 4 is 5.69 Å². The molecule has 2 aliphatic rings. The summed E-state index contributed by atoms with van der Waals surface area (Å²) in [6.07, 6.45) is 5.92. The van der Waals surface area contributed by atoms with E-state index in [4.69, 9.17) is 5.73 Å². The summed E-state index contributed by atoms with van der Waals surface area (Å²) in [6, 6.07) is 4.99. The van der Waals surface area contributed by atoms with Crippen molar-refractivity contribution in [2.45, 2.75) is 31.8 Å². The first-order valence-electron chi connectivity index (χ1n) is 7.01. The number of hydrogen-bond acceptors (Lipinski definition) is 4. The molecule has 0 spiro atoms. The maximum Gasteiger partial charge on any atom is 0.0560 e. The van der Waals surface area contributed by atoms with Crippen LogP contribution in [0.25, 0.3) is 0 Å². The van der Waals surface area contributed by atoms with Gasteiger partial charge in [0, 0.05) is 37.6 Å². The fourth-order valence-electron chi connectivity index (χ4n) is 3.15. The summed E-state index contributed by atoms with van der Waals surface area (Å²) >= 11 is 0. The van der Waals surface area contributed by atoms with E-state index in [2.05, 4.69) is 26.9 Å². The second kappa shape index (κ2) is 5.24. The van der Waals surface area contributed by atoms with E-state index >= 15 is 0 Å². The molecule has 0 bridgehead atoms. The van der Waals surface area contributed by atoms with E-state index in [1.165, 1.54) is 38.0 Å². The van der Waals surface area contributed by atoms with Crippen LogP contribution in [0.3, 0.4) is 0 Å². The van der Waals surface area contributed by atoms with Gasteiger partial charge in [-0.3, -0.25) is 9.88 Å². The minimum atomic E-state index is 0.525. The molecule has 2 saturated heterocycles. The lowest BCUT2D eigenvalue weighted by molar-refractivity contribution is 0.260. The van der Waals surface area contributed by atoms with Crippen LogP contribution in [-0.4, -0.2) is 42.1 Å². The minimum absolute atomic E-state index is 0.525. The van der Waals surface area contributed by atoms with Gasteiger partial charge < -0.3 is 10.6 Å². The Bertz CT molecular complexity index is 401. The maximum atomic E-state index is 5.65. The van der Waals surface area contributed by atoms with Crippen LogP contribution in [0.1, 0.15) is 25.0 Å². The lowest BCUT2D eigenvalue weighted by Crippen LogP contribution is -2.35. The first kappa shape index (κ1) is 11.9. The molecule has 18 heavy (non-hydrogen) atoms. The predicted molar refractivity (Wildman–Crippen MR) is 73.6 cm³/mol. The zero-order valence-electron chi connectivity index (χ0n) is 10.9. The second-order valence-corrected chi connectivity index (χ2v) is 5.34. The smallest absolute Gasteiger partial charge is 0.0560 e. The van der Waals surface area contributed by atoms with Gasteiger partial charge >= 0.3 is 0 Å². The molecule has 0 amide bonds. The normalized spacial score (nSPS) is 24.9. The molecule has 0 radical (unpaired) electrons. The molecule has 0 saturated carbocycles. The van der Waals surface area contributed by atoms with Gasteiger partial charge in [-0.1, -0.05) is 0 Å². The van der Waals surface area contributed by atoms with E-state index in [9.17, 15) is 0 Å². The molecule has 2 aliphatic heterocycles. The van der Waals surface area contributed by atoms with Crippen molar-refractivity contribution in [2.24, 2.45) is 5.73 Å². The summed E-state index contributed by atoms with van der Waals surface area (Å²) < 4.78 is 0. The van der Waals surface area contributed by atoms with Gasteiger partial charge in [-0.2, -0.15) is 0 Å². The predicted octanol–water partition coefficient (Wildman–Crippen LogP) is 1.21. The molecule has 4 nitrogen and oxygen atoms in total. The van der Waals surface area contributed by atoms with Crippen molar-refractivity contribution < 1.29 is 0 Å². The molecule has 98 valence electrons. The highest BCUT2D eigenvalue weighted by Gasteiger charge is 2.29. The van der Waals surface area contributed by atoms with Gasteiger partial charge in [0.25, 0.3) is 0 Å². The third-order valence-electron chi connectivity index (χ3n) is 4.19. The molecular formula is C14H22N4. The zero-order chi connectivity index (χ0) is 12.4. The number of nitrogens with two attached hydrogens (primary N) is 1. The Hall–Kier alpha value is -1.13. The highest BCUT2D eigenvalue weighted by atomic mass is 15.3. The molecule has 1 aromatic rings. The van der Waals surface area contributed by atoms with Crippen LogP contribution in [0.15, 0.2) is 18.3 Å². The maximum absolute atomic E-state index is 5.65. The van der Waals surface area contributed by atoms with Crippen LogP contribution in [0.4, 0.5) is 5.69 Å². The standard InChI is InChI=1S/C14H22N4/c15-10-12-9-13(3-5-16-12)18-8-4-14(11-18)17-6-1-2-7-17/h3,5,9,14H,1-2,4,6-8,10-11,15H2. The summed E-state index contributed by atoms with van der Waals surface area (Å²) in [4.78, 5) is 9.40. The third-order valence-corrected chi connectivity index (χ3v) is 4.19. The minimum Gasteiger partial charge on any atom is -0.370 e. The van der Waals surface area contributed by atoms with Crippen LogP contribution >= 0.6 is 0 Å². The van der Waals surface area contributed by atoms with Crippen LogP contribution < -0.4 is 10.6 Å². The lowest BCUT2D eigenvalue weighted by Gasteiger charge is -2.24. The van der Waals surface area contributed by atoms with E-state index in [-0.39, 0.29) is 0 Å². The average molecular weight is 246 g/mol. The van der Waals surface area contributed by atoms with Gasteiger partial charge in [-0.05, 0) is 44.5 Å². The fraction of sp³-hybridized carbons (Fsp3) is 0.643. The topological polar surface area (TPSA) is 45.4 Å². The van der Waals surface area contributed by atoms with Gasteiger partial charge in [0.2, 0.25) is 0 Å². The second-order valence-electron chi connectivity index (χ2n) is 5.34. The van der Waals surface area contributed by atoms with Crippen molar-refractivity contribution in [3.63, 3.8) is 0 Å². The van der Waals surface area contributed by atoms with Gasteiger partial charge in [0.1, 0.15) is 0 Å². The summed E-state index contributed by atoms with van der Waals surface area (Å²) in [5.74, 6) is 0. The third kappa shape index (κ3) is 2.35. The highest BCUT2D eigenvalue weighted by molar-refractivity contribution is 5.47. The molecule has 3 rings (SSSR count). The quantitative estimate of drug-likeness (QED) is 0.871. The number of hydrogen-bond donors (Lipinski definition) is 1. The lowest BCUT2D eigenvalue weighted by atomic mass is 10.2. The molecule has 1 aromatic heterocycles. The van der Waals surface area contributed by atoms with Crippen molar-refractivity contribution in [2.75, 3.05) is 31.1 Å². The van der Waals surface area contributed by atoms with Crippen LogP contribution in [0, 0.1) is 0 Å². The number of aromatic nitrogens is 1. The summed E-state index contributed by atoms with van der Waals surface area (Å²) in [5.41, 5.74) is 7.92. The Morgan fingerprint density at radius 3 is 2.89 bits per heavy atom.